The van der Waals surface area contributed by atoms with E-state index in [1.807, 2.05) is 78.9 Å². The first-order valence-corrected chi connectivity index (χ1v) is 9.64. The Bertz CT molecular complexity index is 1010. The second kappa shape index (κ2) is 10.1. The fraction of sp³-hybridized carbons (Fsp3) is 0.120. The molecular formula is C25H24N2O3. The fourth-order valence-corrected chi connectivity index (χ4v) is 2.84. The van der Waals surface area contributed by atoms with Crippen molar-refractivity contribution in [1.82, 2.24) is 5.32 Å². The Morgan fingerprint density at radius 2 is 1.50 bits per heavy atom. The number of methoxy groups -OCH3 is 1. The number of anilines is 1. The van der Waals surface area contributed by atoms with Crippen LogP contribution in [0, 0.1) is 0 Å². The number of carbonyl (C=O) groups excluding carboxylic acids is 2. The molecule has 0 saturated carbocycles. The summed E-state index contributed by atoms with van der Waals surface area (Å²) in [5.74, 6) is 0.125. The Morgan fingerprint density at radius 1 is 0.867 bits per heavy atom. The van der Waals surface area contributed by atoms with Crippen LogP contribution in [0.2, 0.25) is 0 Å². The SMILES string of the molecule is COc1ccc(C=CC(=O)NC(C)C(=O)Nc2ccc(-c3ccccc3)cc2)cc1. The topological polar surface area (TPSA) is 67.4 Å². The van der Waals surface area contributed by atoms with Crippen LogP contribution in [0.4, 0.5) is 5.69 Å². The maximum absolute atomic E-state index is 12.4. The highest BCUT2D eigenvalue weighted by Gasteiger charge is 2.14. The van der Waals surface area contributed by atoms with Crippen LogP contribution < -0.4 is 15.4 Å². The van der Waals surface area contributed by atoms with Crippen molar-refractivity contribution in [3.63, 3.8) is 0 Å². The third-order valence-corrected chi connectivity index (χ3v) is 4.55. The standard InChI is InChI=1S/C25H24N2O3/c1-18(26-24(28)17-10-19-8-15-23(30-2)16-9-19)25(29)27-22-13-11-21(12-14-22)20-6-4-3-5-7-20/h3-18H,1-2H3,(H,26,28)(H,27,29). The summed E-state index contributed by atoms with van der Waals surface area (Å²) in [6, 6.07) is 24.2. The van der Waals surface area contributed by atoms with Gasteiger partial charge in [-0.25, -0.2) is 0 Å². The van der Waals surface area contributed by atoms with Crippen molar-refractivity contribution >= 4 is 23.6 Å². The number of rotatable bonds is 7. The molecule has 3 aromatic rings. The molecule has 0 fully saturated rings. The van der Waals surface area contributed by atoms with E-state index in [1.165, 1.54) is 6.08 Å². The zero-order valence-corrected chi connectivity index (χ0v) is 17.0. The van der Waals surface area contributed by atoms with Gasteiger partial charge in [0.1, 0.15) is 11.8 Å². The lowest BCUT2D eigenvalue weighted by Crippen LogP contribution is -2.40. The van der Waals surface area contributed by atoms with Gasteiger partial charge < -0.3 is 15.4 Å². The fourth-order valence-electron chi connectivity index (χ4n) is 2.84. The predicted octanol–water partition coefficient (Wildman–Crippen LogP) is 4.52. The van der Waals surface area contributed by atoms with Crippen molar-refractivity contribution < 1.29 is 14.3 Å². The molecule has 5 heteroatoms. The first-order chi connectivity index (χ1) is 14.5. The van der Waals surface area contributed by atoms with Gasteiger partial charge in [0.15, 0.2) is 0 Å². The van der Waals surface area contributed by atoms with Gasteiger partial charge in [-0.2, -0.15) is 0 Å². The second-order valence-electron chi connectivity index (χ2n) is 6.77. The van der Waals surface area contributed by atoms with Crippen molar-refractivity contribution in [2.45, 2.75) is 13.0 Å². The van der Waals surface area contributed by atoms with Crippen LogP contribution in [0.5, 0.6) is 5.75 Å². The molecule has 5 nitrogen and oxygen atoms in total. The van der Waals surface area contributed by atoms with Gasteiger partial charge in [0.2, 0.25) is 11.8 Å². The van der Waals surface area contributed by atoms with Gasteiger partial charge in [-0.1, -0.05) is 54.6 Å². The third kappa shape index (κ3) is 5.82. The third-order valence-electron chi connectivity index (χ3n) is 4.55. The maximum atomic E-state index is 12.4. The number of hydrogen-bond acceptors (Lipinski definition) is 3. The van der Waals surface area contributed by atoms with Crippen molar-refractivity contribution in [3.05, 3.63) is 90.5 Å². The number of ether oxygens (including phenoxy) is 1. The van der Waals surface area contributed by atoms with E-state index in [0.29, 0.717) is 5.69 Å². The van der Waals surface area contributed by atoms with Crippen LogP contribution in [0.25, 0.3) is 17.2 Å². The average Bonchev–Trinajstić information content (AvgIpc) is 2.79. The van der Waals surface area contributed by atoms with E-state index in [4.69, 9.17) is 4.74 Å². The molecular weight excluding hydrogens is 376 g/mol. The molecule has 0 aliphatic carbocycles. The van der Waals surface area contributed by atoms with Crippen LogP contribution in [-0.2, 0) is 9.59 Å². The Kier molecular flexibility index (Phi) is 7.00. The second-order valence-corrected chi connectivity index (χ2v) is 6.77. The molecule has 1 atom stereocenters. The molecule has 2 amide bonds. The van der Waals surface area contributed by atoms with E-state index in [2.05, 4.69) is 10.6 Å². The first-order valence-electron chi connectivity index (χ1n) is 9.64. The summed E-state index contributed by atoms with van der Waals surface area (Å²) in [7, 11) is 1.60. The van der Waals surface area contributed by atoms with Crippen molar-refractivity contribution in [2.75, 3.05) is 12.4 Å². The summed E-state index contributed by atoms with van der Waals surface area (Å²) in [6.07, 6.45) is 3.09. The number of nitrogens with one attached hydrogen (secondary N) is 2. The van der Waals surface area contributed by atoms with Gasteiger partial charge in [0, 0.05) is 11.8 Å². The van der Waals surface area contributed by atoms with Crippen LogP contribution in [0.1, 0.15) is 12.5 Å². The number of carbonyl (C=O) groups is 2. The minimum Gasteiger partial charge on any atom is -0.497 e. The van der Waals surface area contributed by atoms with Crippen LogP contribution in [0.15, 0.2) is 84.9 Å². The van der Waals surface area contributed by atoms with E-state index >= 15 is 0 Å². The lowest BCUT2D eigenvalue weighted by molar-refractivity contribution is -0.123. The normalized spacial score (nSPS) is 11.7. The molecule has 1 unspecified atom stereocenters. The Morgan fingerprint density at radius 3 is 2.13 bits per heavy atom. The molecule has 2 N–H and O–H groups in total. The van der Waals surface area contributed by atoms with Gasteiger partial charge >= 0.3 is 0 Å². The Balaban J connectivity index is 1.52. The Labute approximate surface area is 176 Å². The van der Waals surface area contributed by atoms with Crippen molar-refractivity contribution in [3.8, 4) is 16.9 Å². The van der Waals surface area contributed by atoms with Crippen molar-refractivity contribution in [2.24, 2.45) is 0 Å². The molecule has 0 heterocycles. The highest BCUT2D eigenvalue weighted by molar-refractivity contribution is 5.99. The highest BCUT2D eigenvalue weighted by atomic mass is 16.5. The van der Waals surface area contributed by atoms with Crippen LogP contribution in [-0.4, -0.2) is 25.0 Å². The minimum absolute atomic E-state index is 0.284. The number of amides is 2. The zero-order valence-electron chi connectivity index (χ0n) is 17.0. The quantitative estimate of drug-likeness (QED) is 0.573. The molecule has 0 radical (unpaired) electrons. The van der Waals surface area contributed by atoms with E-state index in [0.717, 1.165) is 22.4 Å². The summed E-state index contributed by atoms with van der Waals surface area (Å²) >= 11 is 0. The number of hydrogen-bond donors (Lipinski definition) is 2. The van der Waals surface area contributed by atoms with Gasteiger partial charge in [-0.15, -0.1) is 0 Å². The molecule has 3 aromatic carbocycles. The molecule has 0 aliphatic rings. The molecule has 30 heavy (non-hydrogen) atoms. The average molecular weight is 400 g/mol. The summed E-state index contributed by atoms with van der Waals surface area (Å²) in [4.78, 5) is 24.5. The number of benzene rings is 3. The molecule has 0 aliphatic heterocycles. The van der Waals surface area contributed by atoms with Gasteiger partial charge in [0.05, 0.1) is 7.11 Å². The summed E-state index contributed by atoms with van der Waals surface area (Å²) in [5, 5.41) is 5.49. The maximum Gasteiger partial charge on any atom is 0.246 e. The molecule has 0 saturated heterocycles. The van der Waals surface area contributed by atoms with Gasteiger partial charge in [-0.3, -0.25) is 9.59 Å². The molecule has 0 aromatic heterocycles. The smallest absolute Gasteiger partial charge is 0.246 e. The Hall–Kier alpha value is -3.86. The predicted molar refractivity (Wildman–Crippen MR) is 120 cm³/mol. The van der Waals surface area contributed by atoms with E-state index in [1.54, 1.807) is 20.1 Å². The van der Waals surface area contributed by atoms with E-state index in [-0.39, 0.29) is 11.8 Å². The lowest BCUT2D eigenvalue weighted by Gasteiger charge is -2.13. The van der Waals surface area contributed by atoms with Crippen molar-refractivity contribution in [1.29, 1.82) is 0 Å². The van der Waals surface area contributed by atoms with E-state index < -0.39 is 6.04 Å². The van der Waals surface area contributed by atoms with Gasteiger partial charge in [-0.05, 0) is 54.0 Å². The summed E-state index contributed by atoms with van der Waals surface area (Å²) < 4.78 is 5.10. The van der Waals surface area contributed by atoms with Crippen LogP contribution >= 0.6 is 0 Å². The monoisotopic (exact) mass is 400 g/mol. The summed E-state index contributed by atoms with van der Waals surface area (Å²) in [5.41, 5.74) is 3.72. The lowest BCUT2D eigenvalue weighted by atomic mass is 10.1. The largest absolute Gasteiger partial charge is 0.497 e. The molecule has 152 valence electrons. The zero-order chi connectivity index (χ0) is 21.3. The van der Waals surface area contributed by atoms with E-state index in [9.17, 15) is 9.59 Å². The minimum atomic E-state index is -0.674. The molecule has 3 rings (SSSR count). The summed E-state index contributed by atoms with van der Waals surface area (Å²) in [6.45, 7) is 1.65. The van der Waals surface area contributed by atoms with Crippen LogP contribution in [0.3, 0.4) is 0 Å². The molecule has 0 bridgehead atoms. The molecule has 0 spiro atoms. The first kappa shape index (κ1) is 20.9. The highest BCUT2D eigenvalue weighted by Crippen LogP contribution is 2.21. The van der Waals surface area contributed by atoms with Gasteiger partial charge in [0.25, 0.3) is 0 Å².